The minimum absolute atomic E-state index is 0.0733. The van der Waals surface area contributed by atoms with Crippen LogP contribution in [0.1, 0.15) is 103 Å². The molecule has 4 aromatic carbocycles. The van der Waals surface area contributed by atoms with Gasteiger partial charge in [0, 0.05) is 50.0 Å². The highest BCUT2D eigenvalue weighted by molar-refractivity contribution is 6.06. The summed E-state index contributed by atoms with van der Waals surface area (Å²) in [6.07, 6.45) is 4.82. The summed E-state index contributed by atoms with van der Waals surface area (Å²) in [6, 6.07) is 19.5. The monoisotopic (exact) mass is 1100 g/mol. The Morgan fingerprint density at radius 3 is 2.10 bits per heavy atom. The zero-order chi connectivity index (χ0) is 56.9. The number of fused-ring (bicyclic) bond motifs is 4. The van der Waals surface area contributed by atoms with Gasteiger partial charge in [-0.25, -0.2) is 9.69 Å². The van der Waals surface area contributed by atoms with Gasteiger partial charge in [-0.1, -0.05) is 73.7 Å². The van der Waals surface area contributed by atoms with Crippen molar-refractivity contribution in [1.82, 2.24) is 20.4 Å². The summed E-state index contributed by atoms with van der Waals surface area (Å²) in [7, 11) is 2.97. The van der Waals surface area contributed by atoms with E-state index >= 15 is 0 Å². The number of carbonyl (C=O) groups excluding carboxylic acids is 6. The van der Waals surface area contributed by atoms with Gasteiger partial charge in [-0.15, -0.1) is 0 Å². The first-order chi connectivity index (χ1) is 38.7. The number of nitrogens with zero attached hydrogens (tertiary/aromatic N) is 4. The Morgan fingerprint density at radius 2 is 1.41 bits per heavy atom. The van der Waals surface area contributed by atoms with Crippen LogP contribution in [0.15, 0.2) is 108 Å². The lowest BCUT2D eigenvalue weighted by Gasteiger charge is -2.31. The van der Waals surface area contributed by atoms with E-state index in [1.54, 1.807) is 47.5 Å². The number of methoxy groups -OCH3 is 2. The molecule has 0 saturated carbocycles. The molecule has 4 aliphatic rings. The fourth-order valence-corrected chi connectivity index (χ4v) is 10.3. The number of aliphatic imine (C=N–C) groups is 1. The molecule has 0 radical (unpaired) electrons. The van der Waals surface area contributed by atoms with Crippen LogP contribution in [0.5, 0.6) is 23.0 Å². The molecule has 4 heterocycles. The highest BCUT2D eigenvalue weighted by Gasteiger charge is 2.46. The Morgan fingerprint density at radius 1 is 0.750 bits per heavy atom. The molecule has 0 bridgehead atoms. The summed E-state index contributed by atoms with van der Waals surface area (Å²) in [4.78, 5) is 91.0. The largest absolute Gasteiger partial charge is 0.493 e. The highest BCUT2D eigenvalue weighted by atomic mass is 16.6. The minimum Gasteiger partial charge on any atom is -0.493 e. The van der Waals surface area contributed by atoms with Crippen molar-refractivity contribution < 1.29 is 57.6 Å². The van der Waals surface area contributed by atoms with Crippen molar-refractivity contribution in [2.24, 2.45) is 10.7 Å². The van der Waals surface area contributed by atoms with Crippen molar-refractivity contribution in [2.45, 2.75) is 115 Å². The molecule has 0 unspecified atom stereocenters. The Balaban J connectivity index is 0.892. The second-order valence-electron chi connectivity index (χ2n) is 20.4. The number of ether oxygens (including phenoxy) is 5. The summed E-state index contributed by atoms with van der Waals surface area (Å²) < 4.78 is 29.5. The molecule has 20 heteroatoms. The fourth-order valence-electron chi connectivity index (χ4n) is 10.3. The predicted octanol–water partition coefficient (Wildman–Crippen LogP) is 7.14. The van der Waals surface area contributed by atoms with Crippen molar-refractivity contribution >= 4 is 58.9 Å². The molecule has 80 heavy (non-hydrogen) atoms. The average molecular weight is 1100 g/mol. The van der Waals surface area contributed by atoms with E-state index in [1.807, 2.05) is 37.3 Å². The van der Waals surface area contributed by atoms with Gasteiger partial charge < -0.3 is 60.3 Å². The molecule has 2 fully saturated rings. The number of benzene rings is 4. The molecule has 0 spiro atoms. The predicted molar refractivity (Wildman–Crippen MR) is 302 cm³/mol. The molecule has 20 nitrogen and oxygen atoms in total. The van der Waals surface area contributed by atoms with Crippen LogP contribution in [0.2, 0.25) is 0 Å². The van der Waals surface area contributed by atoms with Gasteiger partial charge in [-0.3, -0.25) is 29.0 Å². The van der Waals surface area contributed by atoms with Crippen LogP contribution >= 0.6 is 0 Å². The number of hydrogen-bond donors (Lipinski definition) is 5. The van der Waals surface area contributed by atoms with Crippen LogP contribution in [0, 0.1) is 0 Å². The van der Waals surface area contributed by atoms with E-state index in [4.69, 9.17) is 29.4 Å². The van der Waals surface area contributed by atoms with Crippen LogP contribution in [0.25, 0.3) is 0 Å². The first kappa shape index (κ1) is 57.9. The van der Waals surface area contributed by atoms with E-state index in [9.17, 15) is 33.9 Å². The standard InChI is InChI=1S/C60H72N8O12/c1-6-15-54(69)64-47(28-39-16-9-7-10-17-39)56(71)65-45(18-11-12-23-61)55(70)63-41-21-19-40(20-22-41)36-80-60(75)68-48-32-53(51(77-5)30-44(48)58(73)67-35-38(3)27-49(67)59(68)74)79-25-14-8-13-24-78-52-31-46-43(29-50(52)76-4)57(72)66-34-37(2)26-42(66)33-62-46/h7,9-10,16-17,19-22,29-33,42,45,47,49,59,74H,2-3,6,8,11-15,18,23-28,34-36,61H2,1,4-5H3,(H,63,70)(H,64,69)(H,65,71)/t42-,45-,47-,49-,59-/m0/s1. The van der Waals surface area contributed by atoms with Gasteiger partial charge in [-0.05, 0) is 99.7 Å². The quantitative estimate of drug-likeness (QED) is 0.0327. The van der Waals surface area contributed by atoms with Gasteiger partial charge in [0.05, 0.1) is 62.0 Å². The van der Waals surface area contributed by atoms with Crippen molar-refractivity contribution in [2.75, 3.05) is 57.3 Å². The summed E-state index contributed by atoms with van der Waals surface area (Å²) >= 11 is 0. The zero-order valence-electron chi connectivity index (χ0n) is 45.7. The lowest BCUT2D eigenvalue weighted by molar-refractivity contribution is -0.131. The Kier molecular flexibility index (Phi) is 19.6. The van der Waals surface area contributed by atoms with Gasteiger partial charge in [0.2, 0.25) is 17.7 Å². The van der Waals surface area contributed by atoms with Crippen LogP contribution in [0.3, 0.4) is 0 Å². The first-order valence-corrected chi connectivity index (χ1v) is 27.3. The average Bonchev–Trinajstić information content (AvgIpc) is 4.16. The third kappa shape index (κ3) is 14.0. The lowest BCUT2D eigenvalue weighted by Crippen LogP contribution is -2.53. The van der Waals surface area contributed by atoms with Crippen molar-refractivity contribution in [1.29, 1.82) is 0 Å². The van der Waals surface area contributed by atoms with Gasteiger partial charge in [0.15, 0.2) is 29.2 Å². The number of rotatable bonds is 25. The smallest absolute Gasteiger partial charge is 0.416 e. The maximum Gasteiger partial charge on any atom is 0.416 e. The SMILES string of the molecule is C=C1C[C@H]2C=Nc3cc(OCCCCCOc4cc5c(cc4OC)C(=O)N4CC(=C)C[C@H]4[C@H](O)N5C(=O)OCc4ccc(NC(=O)[C@H](CCCCN)NC(=O)[C@H](Cc5ccccc5)NC(=O)CCC)cc4)c(OC)cc3C(=O)N2C1. The maximum atomic E-state index is 14.3. The van der Waals surface area contributed by atoms with Crippen LogP contribution in [0.4, 0.5) is 21.9 Å². The van der Waals surface area contributed by atoms with E-state index in [-0.39, 0.29) is 79.6 Å². The minimum atomic E-state index is -1.52. The molecule has 0 aromatic heterocycles. The number of unbranched alkanes of at least 4 members (excludes halogenated alkanes) is 3. The molecule has 6 N–H and O–H groups in total. The number of hydrogen-bond acceptors (Lipinski definition) is 14. The summed E-state index contributed by atoms with van der Waals surface area (Å²) in [5.74, 6) is -0.378. The fraction of sp³-hybridized carbons (Fsp3) is 0.417. The molecule has 6 amide bonds. The van der Waals surface area contributed by atoms with E-state index in [2.05, 4.69) is 34.1 Å². The second kappa shape index (κ2) is 27.1. The second-order valence-corrected chi connectivity index (χ2v) is 20.4. The number of amides is 6. The number of carbonyl (C=O) groups is 6. The molecule has 424 valence electrons. The Hall–Kier alpha value is -8.23. The van der Waals surface area contributed by atoms with Gasteiger partial charge in [0.25, 0.3) is 11.8 Å². The van der Waals surface area contributed by atoms with Crippen molar-refractivity contribution in [3.05, 3.63) is 125 Å². The molecule has 2 saturated heterocycles. The van der Waals surface area contributed by atoms with Crippen molar-refractivity contribution in [3.8, 4) is 23.0 Å². The normalized spacial score (nSPS) is 18.0. The lowest BCUT2D eigenvalue weighted by atomic mass is 10.0. The zero-order valence-corrected chi connectivity index (χ0v) is 45.7. The number of anilines is 2. The van der Waals surface area contributed by atoms with Crippen LogP contribution in [-0.2, 0) is 32.1 Å². The highest BCUT2D eigenvalue weighted by Crippen LogP contribution is 2.43. The summed E-state index contributed by atoms with van der Waals surface area (Å²) in [6.45, 7) is 11.4. The number of aliphatic hydroxyl groups is 1. The first-order valence-electron chi connectivity index (χ1n) is 27.3. The molecule has 0 aliphatic carbocycles. The van der Waals surface area contributed by atoms with Gasteiger partial charge in [-0.2, -0.15) is 0 Å². The Labute approximate surface area is 466 Å². The molecule has 4 aromatic rings. The van der Waals surface area contributed by atoms with E-state index in [1.165, 1.54) is 31.3 Å². The molecular weight excluding hydrogens is 1020 g/mol. The number of nitrogens with two attached hydrogens (primary N) is 1. The third-order valence-corrected chi connectivity index (χ3v) is 14.5. The topological polar surface area (TPSA) is 253 Å². The van der Waals surface area contributed by atoms with E-state index in [0.29, 0.717) is 111 Å². The van der Waals surface area contributed by atoms with E-state index in [0.717, 1.165) is 16.0 Å². The summed E-state index contributed by atoms with van der Waals surface area (Å²) in [5, 5.41) is 20.5. The molecular formula is C60H72N8O12. The third-order valence-electron chi connectivity index (χ3n) is 14.5. The summed E-state index contributed by atoms with van der Waals surface area (Å²) in [5.41, 5.74) is 10.4. The van der Waals surface area contributed by atoms with E-state index < -0.39 is 48.2 Å². The molecule has 5 atom stereocenters. The Bertz CT molecular complexity index is 2970. The number of aliphatic hydroxyl groups excluding tert-OH is 1. The van der Waals surface area contributed by atoms with Gasteiger partial charge >= 0.3 is 6.09 Å². The molecule has 8 rings (SSSR count). The van der Waals surface area contributed by atoms with Gasteiger partial charge in [0.1, 0.15) is 18.7 Å². The number of nitrogens with one attached hydrogen (secondary N) is 3. The molecule has 4 aliphatic heterocycles. The van der Waals surface area contributed by atoms with Crippen LogP contribution < -0.4 is 45.5 Å². The maximum absolute atomic E-state index is 14.3. The van der Waals surface area contributed by atoms with Crippen molar-refractivity contribution in [3.63, 3.8) is 0 Å². The van der Waals surface area contributed by atoms with Crippen LogP contribution in [-0.4, -0.2) is 134 Å².